The van der Waals surface area contributed by atoms with Crippen molar-refractivity contribution in [2.75, 3.05) is 0 Å². The highest BCUT2D eigenvalue weighted by molar-refractivity contribution is 5.31. The van der Waals surface area contributed by atoms with Crippen LogP contribution in [-0.4, -0.2) is 0 Å². The molecule has 0 heterocycles. The van der Waals surface area contributed by atoms with E-state index in [1.165, 1.54) is 24.8 Å². The molecule has 0 aromatic rings. The first-order valence-electron chi connectivity index (χ1n) is 3.70. The van der Waals surface area contributed by atoms with Crippen molar-refractivity contribution in [1.29, 1.82) is 0 Å². The van der Waals surface area contributed by atoms with Crippen LogP contribution in [0.15, 0.2) is 23.3 Å². The normalized spacial score (nSPS) is 18.9. The summed E-state index contributed by atoms with van der Waals surface area (Å²) in [5.74, 6) is 0. The molecular formula is C9H14. The second-order valence-electron chi connectivity index (χ2n) is 2.55. The zero-order chi connectivity index (χ0) is 6.69. The van der Waals surface area contributed by atoms with E-state index in [0.717, 1.165) is 0 Å². The SMILES string of the molecule is CCC1=CCCC=C1C. The van der Waals surface area contributed by atoms with Gasteiger partial charge in [0.05, 0.1) is 0 Å². The predicted octanol–water partition coefficient (Wildman–Crippen LogP) is 3.06. The number of hydrogen-bond donors (Lipinski definition) is 0. The maximum absolute atomic E-state index is 2.36. The fourth-order valence-corrected chi connectivity index (χ4v) is 1.27. The molecule has 0 heteroatoms. The van der Waals surface area contributed by atoms with Gasteiger partial charge in [-0.3, -0.25) is 0 Å². The Kier molecular flexibility index (Phi) is 2.10. The molecule has 0 fully saturated rings. The van der Waals surface area contributed by atoms with Gasteiger partial charge < -0.3 is 0 Å². The average Bonchev–Trinajstić information content (AvgIpc) is 1.89. The first-order chi connectivity index (χ1) is 4.34. The Morgan fingerprint density at radius 3 is 2.44 bits per heavy atom. The molecular weight excluding hydrogens is 108 g/mol. The van der Waals surface area contributed by atoms with Gasteiger partial charge in [-0.15, -0.1) is 0 Å². The van der Waals surface area contributed by atoms with Crippen molar-refractivity contribution in [3.8, 4) is 0 Å². The largest absolute Gasteiger partial charge is 0.0810 e. The van der Waals surface area contributed by atoms with E-state index in [2.05, 4.69) is 26.0 Å². The standard InChI is InChI=1S/C9H14/c1-3-9-7-5-4-6-8(9)2/h6-7H,3-5H2,1-2H3. The Hall–Kier alpha value is -0.520. The Morgan fingerprint density at radius 2 is 2.00 bits per heavy atom. The predicted molar refractivity (Wildman–Crippen MR) is 41.4 cm³/mol. The molecule has 0 spiro atoms. The molecule has 0 aromatic carbocycles. The highest BCUT2D eigenvalue weighted by atomic mass is 14.1. The molecule has 1 aliphatic carbocycles. The summed E-state index contributed by atoms with van der Waals surface area (Å²) in [5, 5.41) is 0. The Labute approximate surface area is 57.3 Å². The minimum absolute atomic E-state index is 1.20. The number of rotatable bonds is 1. The molecule has 0 saturated carbocycles. The van der Waals surface area contributed by atoms with Crippen LogP contribution in [0.4, 0.5) is 0 Å². The van der Waals surface area contributed by atoms with Gasteiger partial charge in [-0.05, 0) is 31.8 Å². The quantitative estimate of drug-likeness (QED) is 0.501. The van der Waals surface area contributed by atoms with Gasteiger partial charge in [-0.25, -0.2) is 0 Å². The lowest BCUT2D eigenvalue weighted by Gasteiger charge is -2.09. The van der Waals surface area contributed by atoms with E-state index in [9.17, 15) is 0 Å². The Morgan fingerprint density at radius 1 is 1.33 bits per heavy atom. The topological polar surface area (TPSA) is 0 Å². The van der Waals surface area contributed by atoms with E-state index in [-0.39, 0.29) is 0 Å². The van der Waals surface area contributed by atoms with E-state index in [0.29, 0.717) is 0 Å². The zero-order valence-electron chi connectivity index (χ0n) is 6.28. The molecule has 0 unspecified atom stereocenters. The third-order valence-electron chi connectivity index (χ3n) is 1.90. The summed E-state index contributed by atoms with van der Waals surface area (Å²) >= 11 is 0. The first-order valence-corrected chi connectivity index (χ1v) is 3.70. The van der Waals surface area contributed by atoms with Gasteiger partial charge in [0.2, 0.25) is 0 Å². The van der Waals surface area contributed by atoms with Crippen molar-refractivity contribution >= 4 is 0 Å². The maximum Gasteiger partial charge on any atom is -0.0308 e. The van der Waals surface area contributed by atoms with Crippen LogP contribution in [-0.2, 0) is 0 Å². The Balaban J connectivity index is 2.68. The molecule has 50 valence electrons. The van der Waals surface area contributed by atoms with Gasteiger partial charge in [0.25, 0.3) is 0 Å². The fraction of sp³-hybridized carbons (Fsp3) is 0.556. The smallest absolute Gasteiger partial charge is 0.0308 e. The van der Waals surface area contributed by atoms with E-state index in [1.54, 1.807) is 5.57 Å². The van der Waals surface area contributed by atoms with Gasteiger partial charge in [0.15, 0.2) is 0 Å². The summed E-state index contributed by atoms with van der Waals surface area (Å²) in [5.41, 5.74) is 3.03. The van der Waals surface area contributed by atoms with Crippen LogP contribution in [0.1, 0.15) is 33.1 Å². The third kappa shape index (κ3) is 1.44. The van der Waals surface area contributed by atoms with Crippen molar-refractivity contribution in [3.05, 3.63) is 23.3 Å². The van der Waals surface area contributed by atoms with Gasteiger partial charge in [-0.2, -0.15) is 0 Å². The number of allylic oxidation sites excluding steroid dienone is 4. The molecule has 0 N–H and O–H groups in total. The molecule has 0 bridgehead atoms. The molecule has 9 heavy (non-hydrogen) atoms. The molecule has 1 rings (SSSR count). The molecule has 0 atom stereocenters. The third-order valence-corrected chi connectivity index (χ3v) is 1.90. The maximum atomic E-state index is 2.36. The van der Waals surface area contributed by atoms with E-state index in [4.69, 9.17) is 0 Å². The summed E-state index contributed by atoms with van der Waals surface area (Å²) in [6.45, 7) is 4.42. The fourth-order valence-electron chi connectivity index (χ4n) is 1.27. The molecule has 0 nitrogen and oxygen atoms in total. The molecule has 0 radical (unpaired) electrons. The van der Waals surface area contributed by atoms with Gasteiger partial charge >= 0.3 is 0 Å². The average molecular weight is 122 g/mol. The lowest BCUT2D eigenvalue weighted by Crippen LogP contribution is -1.88. The van der Waals surface area contributed by atoms with Crippen LogP contribution in [0.2, 0.25) is 0 Å². The molecule has 1 aliphatic rings. The second-order valence-corrected chi connectivity index (χ2v) is 2.55. The summed E-state index contributed by atoms with van der Waals surface area (Å²) in [6.07, 6.45) is 8.38. The summed E-state index contributed by atoms with van der Waals surface area (Å²) < 4.78 is 0. The minimum Gasteiger partial charge on any atom is -0.0810 e. The van der Waals surface area contributed by atoms with Crippen molar-refractivity contribution in [2.45, 2.75) is 33.1 Å². The van der Waals surface area contributed by atoms with Crippen LogP contribution < -0.4 is 0 Å². The van der Waals surface area contributed by atoms with Gasteiger partial charge in [-0.1, -0.05) is 24.6 Å². The second kappa shape index (κ2) is 2.86. The summed E-state index contributed by atoms with van der Waals surface area (Å²) in [7, 11) is 0. The highest BCUT2D eigenvalue weighted by Crippen LogP contribution is 2.19. The van der Waals surface area contributed by atoms with Gasteiger partial charge in [0, 0.05) is 0 Å². The van der Waals surface area contributed by atoms with E-state index < -0.39 is 0 Å². The van der Waals surface area contributed by atoms with Crippen molar-refractivity contribution < 1.29 is 0 Å². The minimum atomic E-state index is 1.20. The van der Waals surface area contributed by atoms with Crippen LogP contribution in [0.25, 0.3) is 0 Å². The highest BCUT2D eigenvalue weighted by Gasteiger charge is 1.99. The Bertz CT molecular complexity index is 149. The summed E-state index contributed by atoms with van der Waals surface area (Å²) in [4.78, 5) is 0. The molecule has 0 saturated heterocycles. The lowest BCUT2D eigenvalue weighted by atomic mass is 9.97. The molecule has 0 amide bonds. The molecule has 0 aliphatic heterocycles. The number of hydrogen-bond acceptors (Lipinski definition) is 0. The van der Waals surface area contributed by atoms with Crippen molar-refractivity contribution in [1.82, 2.24) is 0 Å². The van der Waals surface area contributed by atoms with Crippen LogP contribution in [0.3, 0.4) is 0 Å². The van der Waals surface area contributed by atoms with Crippen molar-refractivity contribution in [2.24, 2.45) is 0 Å². The van der Waals surface area contributed by atoms with Crippen LogP contribution in [0.5, 0.6) is 0 Å². The lowest BCUT2D eigenvalue weighted by molar-refractivity contribution is 0.952. The van der Waals surface area contributed by atoms with Gasteiger partial charge in [0.1, 0.15) is 0 Å². The monoisotopic (exact) mass is 122 g/mol. The molecule has 0 aromatic heterocycles. The van der Waals surface area contributed by atoms with Crippen LogP contribution in [0, 0.1) is 0 Å². The first kappa shape index (κ1) is 6.60. The summed E-state index contributed by atoms with van der Waals surface area (Å²) in [6, 6.07) is 0. The zero-order valence-corrected chi connectivity index (χ0v) is 6.28. The van der Waals surface area contributed by atoms with E-state index in [1.807, 2.05) is 0 Å². The van der Waals surface area contributed by atoms with Crippen LogP contribution >= 0.6 is 0 Å². The van der Waals surface area contributed by atoms with Crippen molar-refractivity contribution in [3.63, 3.8) is 0 Å². The van der Waals surface area contributed by atoms with E-state index >= 15 is 0 Å².